The Morgan fingerprint density at radius 1 is 1.86 bits per heavy atom. The van der Waals surface area contributed by atoms with Crippen LogP contribution in [0.15, 0.2) is 22.8 Å². The zero-order valence-electron chi connectivity index (χ0n) is 3.73. The zero-order chi connectivity index (χ0) is 5.11. The molecule has 7 heavy (non-hydrogen) atoms. The molecule has 0 atom stereocenters. The summed E-state index contributed by atoms with van der Waals surface area (Å²) in [4.78, 5) is 0. The van der Waals surface area contributed by atoms with Crippen LogP contribution in [0, 0.1) is 0 Å². The first-order valence-corrected chi connectivity index (χ1v) is 2.55. The van der Waals surface area contributed by atoms with E-state index in [4.69, 9.17) is 16.0 Å². The van der Waals surface area contributed by atoms with Gasteiger partial charge in [0.1, 0.15) is 5.76 Å². The highest BCUT2D eigenvalue weighted by Gasteiger charge is 1.86. The van der Waals surface area contributed by atoms with E-state index in [2.05, 4.69) is 0 Å². The molecule has 0 N–H and O–H groups in total. The molecular formula is C5H7ClO. The predicted molar refractivity (Wildman–Crippen MR) is 30.4 cm³/mol. The molecule has 1 nitrogen and oxygen atoms in total. The van der Waals surface area contributed by atoms with Gasteiger partial charge in [0.15, 0.2) is 0 Å². The van der Waals surface area contributed by atoms with Crippen LogP contribution in [0.5, 0.6) is 0 Å². The maximum absolute atomic E-state index is 5.37. The van der Waals surface area contributed by atoms with E-state index in [1.54, 1.807) is 6.26 Å². The Morgan fingerprint density at radius 3 is 3.00 bits per heavy atom. The van der Waals surface area contributed by atoms with Gasteiger partial charge in [0, 0.05) is 1.43 Å². The third kappa shape index (κ3) is 0.967. The quantitative estimate of drug-likeness (QED) is 0.516. The van der Waals surface area contributed by atoms with Crippen molar-refractivity contribution in [1.82, 2.24) is 0 Å². The van der Waals surface area contributed by atoms with E-state index in [-0.39, 0.29) is 1.43 Å². The Hall–Kier alpha value is -0.430. The topological polar surface area (TPSA) is 13.1 Å². The van der Waals surface area contributed by atoms with Gasteiger partial charge in [-0.3, -0.25) is 0 Å². The molecule has 0 unspecified atom stereocenters. The number of halogens is 1. The van der Waals surface area contributed by atoms with Crippen LogP contribution < -0.4 is 0 Å². The second-order valence-electron chi connectivity index (χ2n) is 1.21. The minimum atomic E-state index is 0. The van der Waals surface area contributed by atoms with Crippen LogP contribution in [0.1, 0.15) is 7.19 Å². The maximum atomic E-state index is 5.37. The van der Waals surface area contributed by atoms with Crippen molar-refractivity contribution in [3.05, 3.63) is 24.2 Å². The summed E-state index contributed by atoms with van der Waals surface area (Å²) in [5.74, 6) is 1.29. The number of hydrogen-bond donors (Lipinski definition) is 0. The van der Waals surface area contributed by atoms with Gasteiger partial charge in [-0.15, -0.1) is 11.6 Å². The fourth-order valence-electron chi connectivity index (χ4n) is 0.389. The van der Waals surface area contributed by atoms with E-state index in [0.29, 0.717) is 5.88 Å². The van der Waals surface area contributed by atoms with Gasteiger partial charge < -0.3 is 4.42 Å². The Morgan fingerprint density at radius 2 is 2.71 bits per heavy atom. The first-order valence-electron chi connectivity index (χ1n) is 2.02. The van der Waals surface area contributed by atoms with E-state index in [1.165, 1.54) is 0 Å². The summed E-state index contributed by atoms with van der Waals surface area (Å²) in [6, 6.07) is 3.66. The lowest BCUT2D eigenvalue weighted by Crippen LogP contribution is -1.62. The van der Waals surface area contributed by atoms with Gasteiger partial charge >= 0.3 is 0 Å². The Labute approximate surface area is 48.4 Å². The summed E-state index contributed by atoms with van der Waals surface area (Å²) in [6.45, 7) is 0. The second-order valence-corrected chi connectivity index (χ2v) is 1.48. The fraction of sp³-hybridized carbons (Fsp3) is 0.200. The molecule has 0 bridgehead atoms. The van der Waals surface area contributed by atoms with Crippen LogP contribution in [0.4, 0.5) is 0 Å². The summed E-state index contributed by atoms with van der Waals surface area (Å²) in [7, 11) is 0. The molecule has 0 aliphatic heterocycles. The average molecular weight is 119 g/mol. The molecule has 0 spiro atoms. The van der Waals surface area contributed by atoms with Gasteiger partial charge in [-0.1, -0.05) is 0 Å². The molecular weight excluding hydrogens is 112 g/mol. The smallest absolute Gasteiger partial charge is 0.118 e. The van der Waals surface area contributed by atoms with Gasteiger partial charge in [-0.05, 0) is 12.1 Å². The Kier molecular flexibility index (Phi) is 1.37. The molecule has 0 radical (unpaired) electrons. The highest BCUT2D eigenvalue weighted by molar-refractivity contribution is 6.16. The predicted octanol–water partition coefficient (Wildman–Crippen LogP) is 2.26. The van der Waals surface area contributed by atoms with Gasteiger partial charge in [0.25, 0.3) is 0 Å². The molecule has 2 heteroatoms. The van der Waals surface area contributed by atoms with Crippen molar-refractivity contribution in [3.8, 4) is 0 Å². The summed E-state index contributed by atoms with van der Waals surface area (Å²) in [5.41, 5.74) is 0. The Bertz CT molecular complexity index is 127. The van der Waals surface area contributed by atoms with Gasteiger partial charge in [-0.2, -0.15) is 0 Å². The first-order chi connectivity index (χ1) is 3.43. The Balaban J connectivity index is 0.000000490. The standard InChI is InChI=1S/C5H5ClO.H2/c6-4-5-2-1-3-7-5;/h1-3H,4H2;1H. The lowest BCUT2D eigenvalue weighted by molar-refractivity contribution is 0.529. The van der Waals surface area contributed by atoms with Crippen LogP contribution in [0.25, 0.3) is 0 Å². The van der Waals surface area contributed by atoms with E-state index < -0.39 is 0 Å². The van der Waals surface area contributed by atoms with E-state index in [9.17, 15) is 0 Å². The van der Waals surface area contributed by atoms with Crippen molar-refractivity contribution in [3.63, 3.8) is 0 Å². The van der Waals surface area contributed by atoms with Crippen LogP contribution in [-0.2, 0) is 5.88 Å². The summed E-state index contributed by atoms with van der Waals surface area (Å²) in [5, 5.41) is 0. The molecule has 1 aromatic heterocycles. The van der Waals surface area contributed by atoms with Crippen LogP contribution >= 0.6 is 11.6 Å². The van der Waals surface area contributed by atoms with Crippen LogP contribution in [0.2, 0.25) is 0 Å². The minimum absolute atomic E-state index is 0. The number of rotatable bonds is 1. The third-order valence-electron chi connectivity index (χ3n) is 0.712. The van der Waals surface area contributed by atoms with Gasteiger partial charge in [0.2, 0.25) is 0 Å². The third-order valence-corrected chi connectivity index (χ3v) is 0.975. The lowest BCUT2D eigenvalue weighted by Gasteiger charge is -1.77. The molecule has 1 heterocycles. The summed E-state index contributed by atoms with van der Waals surface area (Å²) < 4.78 is 4.85. The molecule has 40 valence electrons. The number of hydrogen-bond acceptors (Lipinski definition) is 1. The normalized spacial score (nSPS) is 9.29. The molecule has 0 aliphatic carbocycles. The van der Waals surface area contributed by atoms with Crippen LogP contribution in [-0.4, -0.2) is 0 Å². The first kappa shape index (κ1) is 4.72. The minimum Gasteiger partial charge on any atom is -0.468 e. The summed E-state index contributed by atoms with van der Waals surface area (Å²) >= 11 is 5.37. The monoisotopic (exact) mass is 118 g/mol. The SMILES string of the molecule is ClCc1ccco1.[HH]. The molecule has 0 aliphatic rings. The zero-order valence-corrected chi connectivity index (χ0v) is 4.48. The highest BCUT2D eigenvalue weighted by Crippen LogP contribution is 2.01. The van der Waals surface area contributed by atoms with Crippen molar-refractivity contribution in [2.45, 2.75) is 5.88 Å². The van der Waals surface area contributed by atoms with Crippen molar-refractivity contribution >= 4 is 11.6 Å². The van der Waals surface area contributed by atoms with E-state index >= 15 is 0 Å². The highest BCUT2D eigenvalue weighted by atomic mass is 35.5. The number of furan rings is 1. The van der Waals surface area contributed by atoms with Gasteiger partial charge in [-0.25, -0.2) is 0 Å². The summed E-state index contributed by atoms with van der Waals surface area (Å²) in [6.07, 6.45) is 1.61. The van der Waals surface area contributed by atoms with Crippen LogP contribution in [0.3, 0.4) is 0 Å². The van der Waals surface area contributed by atoms with Crippen molar-refractivity contribution in [2.75, 3.05) is 0 Å². The largest absolute Gasteiger partial charge is 0.468 e. The fourth-order valence-corrected chi connectivity index (χ4v) is 0.541. The molecule has 0 saturated heterocycles. The molecule has 0 saturated carbocycles. The van der Waals surface area contributed by atoms with Crippen molar-refractivity contribution in [1.29, 1.82) is 0 Å². The molecule has 0 aromatic carbocycles. The van der Waals surface area contributed by atoms with Gasteiger partial charge in [0.05, 0.1) is 12.1 Å². The average Bonchev–Trinajstić information content (AvgIpc) is 2.14. The second kappa shape index (κ2) is 2.03. The molecule has 0 fully saturated rings. The number of alkyl halides is 1. The van der Waals surface area contributed by atoms with E-state index in [1.807, 2.05) is 12.1 Å². The van der Waals surface area contributed by atoms with Crippen molar-refractivity contribution < 1.29 is 5.84 Å². The molecule has 1 aromatic rings. The lowest BCUT2D eigenvalue weighted by atomic mass is 10.5. The molecule has 1 rings (SSSR count). The van der Waals surface area contributed by atoms with E-state index in [0.717, 1.165) is 5.76 Å². The molecule has 0 amide bonds. The van der Waals surface area contributed by atoms with Crippen molar-refractivity contribution in [2.24, 2.45) is 0 Å². The maximum Gasteiger partial charge on any atom is 0.118 e.